The zero-order chi connectivity index (χ0) is 31.4. The average Bonchev–Trinajstić information content (AvgIpc) is 2.97. The van der Waals surface area contributed by atoms with Crippen LogP contribution in [0.1, 0.15) is 60.1 Å². The van der Waals surface area contributed by atoms with E-state index in [0.717, 1.165) is 11.1 Å². The number of phenols is 3. The lowest BCUT2D eigenvalue weighted by Gasteiger charge is -2.13. The minimum atomic E-state index is -0.876. The number of hydrogen-bond acceptors (Lipinski definition) is 9. The van der Waals surface area contributed by atoms with E-state index in [1.165, 1.54) is 0 Å². The molecule has 228 valence electrons. The lowest BCUT2D eigenvalue weighted by Crippen LogP contribution is -2.34. The van der Waals surface area contributed by atoms with Crippen molar-refractivity contribution in [1.29, 1.82) is 0 Å². The molecule has 2 unspecified atom stereocenters. The van der Waals surface area contributed by atoms with Crippen LogP contribution in [0.15, 0.2) is 54.6 Å². The van der Waals surface area contributed by atoms with Gasteiger partial charge in [0.15, 0.2) is 0 Å². The highest BCUT2D eigenvalue weighted by molar-refractivity contribution is 5.79. The van der Waals surface area contributed by atoms with E-state index < -0.39 is 24.0 Å². The summed E-state index contributed by atoms with van der Waals surface area (Å²) in [7, 11) is 0. The fourth-order valence-corrected chi connectivity index (χ4v) is 4.35. The third kappa shape index (κ3) is 10.3. The summed E-state index contributed by atoms with van der Waals surface area (Å²) in [5.41, 5.74) is 16.4. The standard InChI is InChI=1S/C34H40N2O7/c1-3-13-42-33(40)31(35)20-26-18-28(37)11-9-24(26)7-5-22-15-23(17-30(39)16-22)6-8-25-10-12-29(38)19-27(25)21-32(36)34(41)43-14-4-2/h5-12,15-19,31-32,37-39H,3-4,13-14,20-21,35-36H2,1-2H3/b7-5+,8-6+. The smallest absolute Gasteiger partial charge is 0.323 e. The number of nitrogens with two attached hydrogens (primary N) is 2. The Kier molecular flexibility index (Phi) is 12.4. The molecule has 0 spiro atoms. The molecule has 0 bridgehead atoms. The molecule has 0 aromatic heterocycles. The number of hydrogen-bond donors (Lipinski definition) is 5. The maximum absolute atomic E-state index is 12.2. The molecule has 3 aromatic carbocycles. The van der Waals surface area contributed by atoms with Gasteiger partial charge in [0, 0.05) is 0 Å². The average molecular weight is 589 g/mol. The molecule has 0 heterocycles. The lowest BCUT2D eigenvalue weighted by molar-refractivity contribution is -0.146. The molecule has 0 saturated carbocycles. The third-order valence-electron chi connectivity index (χ3n) is 6.51. The van der Waals surface area contributed by atoms with E-state index >= 15 is 0 Å². The molecular weight excluding hydrogens is 548 g/mol. The zero-order valence-electron chi connectivity index (χ0n) is 24.5. The molecule has 0 aliphatic rings. The van der Waals surface area contributed by atoms with Gasteiger partial charge < -0.3 is 36.3 Å². The van der Waals surface area contributed by atoms with Gasteiger partial charge in [-0.05, 0) is 102 Å². The van der Waals surface area contributed by atoms with Gasteiger partial charge in [0.2, 0.25) is 0 Å². The van der Waals surface area contributed by atoms with Crippen molar-refractivity contribution in [2.24, 2.45) is 11.5 Å². The van der Waals surface area contributed by atoms with Crippen molar-refractivity contribution in [3.63, 3.8) is 0 Å². The Labute approximate surface area is 252 Å². The maximum atomic E-state index is 12.2. The minimum Gasteiger partial charge on any atom is -0.508 e. The number of ether oxygens (including phenoxy) is 2. The van der Waals surface area contributed by atoms with Gasteiger partial charge in [-0.3, -0.25) is 9.59 Å². The van der Waals surface area contributed by atoms with Gasteiger partial charge in [0.25, 0.3) is 0 Å². The molecule has 0 radical (unpaired) electrons. The van der Waals surface area contributed by atoms with Crippen LogP contribution in [0.5, 0.6) is 17.2 Å². The van der Waals surface area contributed by atoms with E-state index in [4.69, 9.17) is 20.9 Å². The van der Waals surface area contributed by atoms with Crippen molar-refractivity contribution < 1.29 is 34.4 Å². The van der Waals surface area contributed by atoms with Gasteiger partial charge in [-0.2, -0.15) is 0 Å². The van der Waals surface area contributed by atoms with Crippen LogP contribution in [0, 0.1) is 0 Å². The number of benzene rings is 3. The Hall–Kier alpha value is -4.60. The Balaban J connectivity index is 1.81. The summed E-state index contributed by atoms with van der Waals surface area (Å²) in [5, 5.41) is 30.4. The molecule has 0 saturated heterocycles. The molecular formula is C34H40N2O7. The first-order chi connectivity index (χ1) is 20.6. The molecule has 0 amide bonds. The summed E-state index contributed by atoms with van der Waals surface area (Å²) < 4.78 is 10.3. The van der Waals surface area contributed by atoms with Crippen LogP contribution in [-0.4, -0.2) is 52.6 Å². The molecule has 0 fully saturated rings. The van der Waals surface area contributed by atoms with E-state index in [9.17, 15) is 24.9 Å². The van der Waals surface area contributed by atoms with Crippen molar-refractivity contribution >= 4 is 36.2 Å². The molecule has 7 N–H and O–H groups in total. The highest BCUT2D eigenvalue weighted by Gasteiger charge is 2.18. The van der Waals surface area contributed by atoms with Gasteiger partial charge in [-0.1, -0.05) is 50.3 Å². The predicted octanol–water partition coefficient (Wildman–Crippen LogP) is 4.79. The van der Waals surface area contributed by atoms with E-state index in [2.05, 4.69) is 0 Å². The number of phenolic OH excluding ortho intramolecular Hbond substituents is 3. The van der Waals surface area contributed by atoms with Crippen LogP contribution in [0.4, 0.5) is 0 Å². The molecule has 3 aromatic rings. The van der Waals surface area contributed by atoms with E-state index in [-0.39, 0.29) is 30.1 Å². The second kappa shape index (κ2) is 16.1. The van der Waals surface area contributed by atoms with Crippen LogP contribution >= 0.6 is 0 Å². The van der Waals surface area contributed by atoms with E-state index in [0.29, 0.717) is 48.3 Å². The maximum Gasteiger partial charge on any atom is 0.323 e. The largest absolute Gasteiger partial charge is 0.508 e. The van der Waals surface area contributed by atoms with Crippen molar-refractivity contribution in [3.8, 4) is 17.2 Å². The summed E-state index contributed by atoms with van der Waals surface area (Å²) in [5.74, 6) is -0.837. The van der Waals surface area contributed by atoms with Gasteiger partial charge in [-0.15, -0.1) is 0 Å². The molecule has 9 nitrogen and oxygen atoms in total. The van der Waals surface area contributed by atoms with E-state index in [1.54, 1.807) is 60.7 Å². The number of carbonyl (C=O) groups is 2. The molecule has 43 heavy (non-hydrogen) atoms. The fourth-order valence-electron chi connectivity index (χ4n) is 4.35. The molecule has 0 aliphatic heterocycles. The van der Waals surface area contributed by atoms with Crippen molar-refractivity contribution in [3.05, 3.63) is 88.0 Å². The first kappa shape index (κ1) is 32.9. The summed E-state index contributed by atoms with van der Waals surface area (Å²) in [4.78, 5) is 24.4. The SMILES string of the molecule is CCCOC(=O)C(N)Cc1cc(O)ccc1/C=C/c1cc(O)cc(/C=C/c2ccc(O)cc2CC(N)C(=O)OCCC)c1. The Bertz CT molecular complexity index is 1360. The summed E-state index contributed by atoms with van der Waals surface area (Å²) in [6, 6.07) is 13.0. The summed E-state index contributed by atoms with van der Waals surface area (Å²) >= 11 is 0. The van der Waals surface area contributed by atoms with Crippen molar-refractivity contribution in [2.75, 3.05) is 13.2 Å². The highest BCUT2D eigenvalue weighted by atomic mass is 16.5. The second-order valence-electron chi connectivity index (χ2n) is 10.2. The number of aromatic hydroxyl groups is 3. The summed E-state index contributed by atoms with van der Waals surface area (Å²) in [6.45, 7) is 4.39. The van der Waals surface area contributed by atoms with Gasteiger partial charge in [0.05, 0.1) is 13.2 Å². The Morgan fingerprint density at radius 1 is 0.651 bits per heavy atom. The van der Waals surface area contributed by atoms with Crippen LogP contribution in [0.3, 0.4) is 0 Å². The van der Waals surface area contributed by atoms with Crippen molar-refractivity contribution in [2.45, 2.75) is 51.6 Å². The van der Waals surface area contributed by atoms with Gasteiger partial charge in [0.1, 0.15) is 29.3 Å². The quantitative estimate of drug-likeness (QED) is 0.131. The molecule has 3 rings (SSSR count). The number of esters is 2. The van der Waals surface area contributed by atoms with E-state index in [1.807, 2.05) is 32.1 Å². The van der Waals surface area contributed by atoms with Crippen LogP contribution in [0.25, 0.3) is 24.3 Å². The normalized spacial score (nSPS) is 12.8. The first-order valence-corrected chi connectivity index (χ1v) is 14.3. The first-order valence-electron chi connectivity index (χ1n) is 14.3. The van der Waals surface area contributed by atoms with Gasteiger partial charge >= 0.3 is 11.9 Å². The monoisotopic (exact) mass is 588 g/mol. The number of carbonyl (C=O) groups excluding carboxylic acids is 2. The second-order valence-corrected chi connectivity index (χ2v) is 10.2. The Morgan fingerprint density at radius 2 is 1.07 bits per heavy atom. The van der Waals surface area contributed by atoms with Crippen LogP contribution in [0.2, 0.25) is 0 Å². The third-order valence-corrected chi connectivity index (χ3v) is 6.51. The van der Waals surface area contributed by atoms with Gasteiger partial charge in [-0.25, -0.2) is 0 Å². The molecule has 2 atom stereocenters. The molecule has 0 aliphatic carbocycles. The van der Waals surface area contributed by atoms with Crippen LogP contribution in [-0.2, 0) is 31.9 Å². The van der Waals surface area contributed by atoms with Crippen LogP contribution < -0.4 is 11.5 Å². The predicted molar refractivity (Wildman–Crippen MR) is 168 cm³/mol. The zero-order valence-corrected chi connectivity index (χ0v) is 24.5. The number of rotatable bonds is 14. The Morgan fingerprint density at radius 3 is 1.47 bits per heavy atom. The summed E-state index contributed by atoms with van der Waals surface area (Å²) in [6.07, 6.45) is 9.00. The topological polar surface area (TPSA) is 165 Å². The molecule has 9 heteroatoms. The van der Waals surface area contributed by atoms with Crippen molar-refractivity contribution in [1.82, 2.24) is 0 Å². The minimum absolute atomic E-state index is 0.0541. The highest BCUT2D eigenvalue weighted by Crippen LogP contribution is 2.25. The fraction of sp³-hybridized carbons (Fsp3) is 0.294. The lowest BCUT2D eigenvalue weighted by atomic mass is 9.98.